The van der Waals surface area contributed by atoms with Gasteiger partial charge in [0.2, 0.25) is 15.9 Å². The van der Waals surface area contributed by atoms with Gasteiger partial charge >= 0.3 is 0 Å². The van der Waals surface area contributed by atoms with E-state index in [0.717, 1.165) is 6.07 Å². The first-order valence-corrected chi connectivity index (χ1v) is 11.3. The number of hydrogen-bond acceptors (Lipinski definition) is 5. The minimum absolute atomic E-state index is 0.0472. The smallest absolute Gasteiger partial charge is 0.246 e. The van der Waals surface area contributed by atoms with E-state index in [1.54, 1.807) is 13.0 Å². The van der Waals surface area contributed by atoms with E-state index in [1.165, 1.54) is 28.6 Å². The molecule has 162 valence electrons. The minimum Gasteiger partial charge on any atom is -0.379 e. The topological polar surface area (TPSA) is 87.7 Å². The molecular weight excluding hydrogens is 456 g/mol. The van der Waals surface area contributed by atoms with E-state index >= 15 is 0 Å². The lowest BCUT2D eigenvalue weighted by Crippen LogP contribution is -2.40. The molecule has 7 nitrogen and oxygen atoms in total. The van der Waals surface area contributed by atoms with Gasteiger partial charge in [-0.05, 0) is 43.3 Å². The normalized spacial score (nSPS) is 16.1. The molecule has 1 amide bonds. The first-order chi connectivity index (χ1) is 14.2. The molecule has 1 saturated heterocycles. The van der Waals surface area contributed by atoms with Gasteiger partial charge in [0.15, 0.2) is 0 Å². The molecule has 1 heterocycles. The molecule has 3 rings (SSSR count). The molecule has 2 aromatic rings. The third-order valence-electron chi connectivity index (χ3n) is 4.48. The average molecular weight is 476 g/mol. The largest absolute Gasteiger partial charge is 0.379 e. The van der Waals surface area contributed by atoms with Crippen LogP contribution in [-0.2, 0) is 19.6 Å². The van der Waals surface area contributed by atoms with Gasteiger partial charge in [-0.25, -0.2) is 12.8 Å². The molecule has 0 bridgehead atoms. The summed E-state index contributed by atoms with van der Waals surface area (Å²) in [5.41, 5.74) is 0.748. The summed E-state index contributed by atoms with van der Waals surface area (Å²) in [6.45, 7) is 2.73. The molecule has 0 aliphatic carbocycles. The number of nitrogens with zero attached hydrogens (tertiary/aromatic N) is 1. The van der Waals surface area contributed by atoms with Crippen molar-refractivity contribution in [2.45, 2.75) is 17.9 Å². The van der Waals surface area contributed by atoms with Gasteiger partial charge in [0.05, 0.1) is 23.3 Å². The Hall–Kier alpha value is -1.91. The Labute approximate surface area is 184 Å². The number of morpholine rings is 1. The monoisotopic (exact) mass is 475 g/mol. The Morgan fingerprint density at radius 2 is 1.77 bits per heavy atom. The Balaban J connectivity index is 1.74. The molecule has 0 unspecified atom stereocenters. The Morgan fingerprint density at radius 1 is 1.10 bits per heavy atom. The van der Waals surface area contributed by atoms with Crippen molar-refractivity contribution >= 4 is 50.5 Å². The SMILES string of the molecule is C[C@@H](Nc1ccc(Cl)c(S(=O)(=O)N2CCOCC2)c1)C(=O)Nc1ccc(F)c(Cl)c1. The van der Waals surface area contributed by atoms with Gasteiger partial charge < -0.3 is 15.4 Å². The molecule has 2 aromatic carbocycles. The summed E-state index contributed by atoms with van der Waals surface area (Å²) in [5, 5.41) is 5.54. The first kappa shape index (κ1) is 22.8. The standard InChI is InChI=1S/C19H20Cl2FN3O4S/c1-12(19(26)24-13-3-5-17(22)16(21)10-13)23-14-2-4-15(20)18(11-14)30(27,28)25-6-8-29-9-7-25/h2-5,10-12,23H,6-9H2,1H3,(H,24,26)/t12-/m1/s1. The van der Waals surface area contributed by atoms with Crippen LogP contribution in [0.3, 0.4) is 0 Å². The molecule has 1 fully saturated rings. The maximum absolute atomic E-state index is 13.3. The van der Waals surface area contributed by atoms with Crippen LogP contribution in [-0.4, -0.2) is 51.0 Å². The second kappa shape index (κ2) is 9.49. The van der Waals surface area contributed by atoms with Crippen LogP contribution in [0.1, 0.15) is 6.92 Å². The van der Waals surface area contributed by atoms with Crippen molar-refractivity contribution < 1.29 is 22.3 Å². The van der Waals surface area contributed by atoms with Crippen molar-refractivity contribution in [2.24, 2.45) is 0 Å². The zero-order chi connectivity index (χ0) is 21.9. The zero-order valence-corrected chi connectivity index (χ0v) is 18.3. The molecular formula is C19H20Cl2FN3O4S. The maximum atomic E-state index is 13.3. The second-order valence-electron chi connectivity index (χ2n) is 6.65. The number of hydrogen-bond donors (Lipinski definition) is 2. The van der Waals surface area contributed by atoms with Gasteiger partial charge in [-0.15, -0.1) is 0 Å². The van der Waals surface area contributed by atoms with Gasteiger partial charge in [-0.2, -0.15) is 4.31 Å². The van der Waals surface area contributed by atoms with Crippen LogP contribution in [0.2, 0.25) is 10.0 Å². The molecule has 0 spiro atoms. The van der Waals surface area contributed by atoms with Gasteiger partial charge in [0.25, 0.3) is 0 Å². The van der Waals surface area contributed by atoms with Crippen molar-refractivity contribution in [1.82, 2.24) is 4.31 Å². The molecule has 0 aromatic heterocycles. The fraction of sp³-hybridized carbons (Fsp3) is 0.316. The number of rotatable bonds is 6. The summed E-state index contributed by atoms with van der Waals surface area (Å²) in [6, 6.07) is 7.55. The van der Waals surface area contributed by atoms with E-state index in [0.29, 0.717) is 24.6 Å². The molecule has 0 saturated carbocycles. The van der Waals surface area contributed by atoms with Crippen molar-refractivity contribution in [3.05, 3.63) is 52.3 Å². The van der Waals surface area contributed by atoms with Crippen LogP contribution >= 0.6 is 23.2 Å². The van der Waals surface area contributed by atoms with Crippen LogP contribution in [0.5, 0.6) is 0 Å². The summed E-state index contributed by atoms with van der Waals surface area (Å²) in [6.07, 6.45) is 0. The van der Waals surface area contributed by atoms with E-state index in [9.17, 15) is 17.6 Å². The lowest BCUT2D eigenvalue weighted by molar-refractivity contribution is -0.116. The van der Waals surface area contributed by atoms with Gasteiger partial charge in [0, 0.05) is 24.5 Å². The second-order valence-corrected chi connectivity index (χ2v) is 9.37. The first-order valence-electron chi connectivity index (χ1n) is 9.08. The number of benzene rings is 2. The van der Waals surface area contributed by atoms with Crippen LogP contribution < -0.4 is 10.6 Å². The van der Waals surface area contributed by atoms with E-state index in [-0.39, 0.29) is 28.0 Å². The predicted octanol–water partition coefficient (Wildman–Crippen LogP) is 3.59. The molecule has 1 aliphatic heterocycles. The third kappa shape index (κ3) is 5.22. The fourth-order valence-electron chi connectivity index (χ4n) is 2.86. The molecule has 1 atom stereocenters. The average Bonchev–Trinajstić information content (AvgIpc) is 2.72. The van der Waals surface area contributed by atoms with E-state index in [1.807, 2.05) is 0 Å². The lowest BCUT2D eigenvalue weighted by Gasteiger charge is -2.26. The van der Waals surface area contributed by atoms with E-state index in [2.05, 4.69) is 10.6 Å². The summed E-state index contributed by atoms with van der Waals surface area (Å²) in [7, 11) is -3.80. The highest BCUT2D eigenvalue weighted by Crippen LogP contribution is 2.28. The molecule has 0 radical (unpaired) electrons. The Kier molecular flexibility index (Phi) is 7.20. The van der Waals surface area contributed by atoms with Crippen molar-refractivity contribution in [1.29, 1.82) is 0 Å². The van der Waals surface area contributed by atoms with E-state index < -0.39 is 27.8 Å². The maximum Gasteiger partial charge on any atom is 0.246 e. The minimum atomic E-state index is -3.80. The van der Waals surface area contributed by atoms with E-state index in [4.69, 9.17) is 27.9 Å². The van der Waals surface area contributed by atoms with Crippen LogP contribution in [0.25, 0.3) is 0 Å². The highest BCUT2D eigenvalue weighted by molar-refractivity contribution is 7.89. The number of carbonyl (C=O) groups is 1. The summed E-state index contributed by atoms with van der Waals surface area (Å²) >= 11 is 11.9. The Bertz CT molecular complexity index is 1050. The Morgan fingerprint density at radius 3 is 2.43 bits per heavy atom. The number of amides is 1. The van der Waals surface area contributed by atoms with Gasteiger partial charge in [-0.1, -0.05) is 23.2 Å². The third-order valence-corrected chi connectivity index (χ3v) is 7.15. The molecule has 11 heteroatoms. The predicted molar refractivity (Wildman–Crippen MR) is 114 cm³/mol. The number of nitrogens with one attached hydrogen (secondary N) is 2. The fourth-order valence-corrected chi connectivity index (χ4v) is 4.95. The van der Waals surface area contributed by atoms with Crippen molar-refractivity contribution in [3.8, 4) is 0 Å². The molecule has 30 heavy (non-hydrogen) atoms. The van der Waals surface area contributed by atoms with Gasteiger partial charge in [0.1, 0.15) is 16.8 Å². The number of halogens is 3. The number of ether oxygens (including phenoxy) is 1. The van der Waals surface area contributed by atoms with Crippen LogP contribution in [0.15, 0.2) is 41.3 Å². The summed E-state index contributed by atoms with van der Waals surface area (Å²) < 4.78 is 45.6. The molecule has 1 aliphatic rings. The zero-order valence-electron chi connectivity index (χ0n) is 16.0. The van der Waals surface area contributed by atoms with Crippen LogP contribution in [0.4, 0.5) is 15.8 Å². The number of anilines is 2. The number of carbonyl (C=O) groups excluding carboxylic acids is 1. The quantitative estimate of drug-likeness (QED) is 0.666. The molecule has 2 N–H and O–H groups in total. The number of sulfonamides is 1. The lowest BCUT2D eigenvalue weighted by atomic mass is 10.2. The van der Waals surface area contributed by atoms with Gasteiger partial charge in [-0.3, -0.25) is 4.79 Å². The highest BCUT2D eigenvalue weighted by Gasteiger charge is 2.29. The van der Waals surface area contributed by atoms with Crippen molar-refractivity contribution in [2.75, 3.05) is 36.9 Å². The summed E-state index contributed by atoms with van der Waals surface area (Å²) in [4.78, 5) is 12.4. The highest BCUT2D eigenvalue weighted by atomic mass is 35.5. The van der Waals surface area contributed by atoms with Crippen LogP contribution in [0, 0.1) is 5.82 Å². The summed E-state index contributed by atoms with van der Waals surface area (Å²) in [5.74, 6) is -0.999. The van der Waals surface area contributed by atoms with Crippen molar-refractivity contribution in [3.63, 3.8) is 0 Å².